The van der Waals surface area contributed by atoms with Crippen molar-refractivity contribution in [3.8, 4) is 17.2 Å². The number of phenolic OH excluding ortho intramolecular Hbond substituents is 3. The zero-order chi connectivity index (χ0) is 17.7. The zero-order valence-corrected chi connectivity index (χ0v) is 13.3. The van der Waals surface area contributed by atoms with Gasteiger partial charge in [0.15, 0.2) is 17.2 Å². The molecular formula is C17H20N2O5. The fourth-order valence-corrected chi connectivity index (χ4v) is 2.63. The van der Waals surface area contributed by atoms with Gasteiger partial charge < -0.3 is 20.4 Å². The molecule has 0 bridgehead atoms. The summed E-state index contributed by atoms with van der Waals surface area (Å²) in [5.74, 6) is -3.33. The summed E-state index contributed by atoms with van der Waals surface area (Å²) in [5.41, 5.74) is 1.07. The molecule has 2 heterocycles. The molecule has 1 aromatic heterocycles. The van der Waals surface area contributed by atoms with Crippen molar-refractivity contribution >= 4 is 5.97 Å². The van der Waals surface area contributed by atoms with Gasteiger partial charge in [-0.1, -0.05) is 6.07 Å². The SMILES string of the molecule is CN1CCCC1c1cccnc1.O=C(O)c1cc(O)c(O)c(O)c1. The maximum atomic E-state index is 10.3. The van der Waals surface area contributed by atoms with Crippen LogP contribution in [-0.4, -0.2) is 49.9 Å². The van der Waals surface area contributed by atoms with Gasteiger partial charge in [0, 0.05) is 18.4 Å². The number of aromatic hydroxyl groups is 3. The third kappa shape index (κ3) is 4.14. The molecule has 0 amide bonds. The van der Waals surface area contributed by atoms with Gasteiger partial charge in [0.05, 0.1) is 5.56 Å². The molecule has 0 radical (unpaired) electrons. The van der Waals surface area contributed by atoms with Crippen LogP contribution in [-0.2, 0) is 0 Å². The maximum Gasteiger partial charge on any atom is 0.335 e. The minimum atomic E-state index is -1.29. The predicted molar refractivity (Wildman–Crippen MR) is 87.2 cm³/mol. The number of likely N-dealkylation sites (tertiary alicyclic amines) is 1. The fraction of sp³-hybridized carbons (Fsp3) is 0.294. The summed E-state index contributed by atoms with van der Waals surface area (Å²) in [6, 6.07) is 6.48. The molecule has 3 rings (SSSR count). The summed E-state index contributed by atoms with van der Waals surface area (Å²) in [5, 5.41) is 35.0. The number of carboxylic acids is 1. The van der Waals surface area contributed by atoms with Gasteiger partial charge in [-0.15, -0.1) is 0 Å². The Balaban J connectivity index is 0.000000174. The van der Waals surface area contributed by atoms with Crippen molar-refractivity contribution in [2.24, 2.45) is 0 Å². The second kappa shape index (κ2) is 7.65. The first-order valence-electron chi connectivity index (χ1n) is 7.48. The number of nitrogens with zero attached hydrogens (tertiary/aromatic N) is 2. The molecular weight excluding hydrogens is 312 g/mol. The Hall–Kier alpha value is -2.80. The Labute approximate surface area is 139 Å². The molecule has 1 saturated heterocycles. The summed E-state index contributed by atoms with van der Waals surface area (Å²) in [6.07, 6.45) is 6.41. The van der Waals surface area contributed by atoms with Crippen molar-refractivity contribution in [3.63, 3.8) is 0 Å². The number of rotatable bonds is 2. The van der Waals surface area contributed by atoms with E-state index in [9.17, 15) is 4.79 Å². The van der Waals surface area contributed by atoms with Crippen LogP contribution < -0.4 is 0 Å². The molecule has 2 aromatic rings. The molecule has 1 aliphatic rings. The van der Waals surface area contributed by atoms with Gasteiger partial charge in [-0.3, -0.25) is 9.88 Å². The van der Waals surface area contributed by atoms with Crippen molar-refractivity contribution in [1.82, 2.24) is 9.88 Å². The zero-order valence-electron chi connectivity index (χ0n) is 13.3. The van der Waals surface area contributed by atoms with Crippen LogP contribution in [0.5, 0.6) is 17.2 Å². The fourth-order valence-electron chi connectivity index (χ4n) is 2.63. The molecule has 0 spiro atoms. The smallest absolute Gasteiger partial charge is 0.335 e. The molecule has 0 aliphatic carbocycles. The molecule has 7 nitrogen and oxygen atoms in total. The first-order valence-corrected chi connectivity index (χ1v) is 7.48. The number of pyridine rings is 1. The topological polar surface area (TPSA) is 114 Å². The number of carboxylic acid groups (broad SMARTS) is 1. The Bertz CT molecular complexity index is 682. The monoisotopic (exact) mass is 332 g/mol. The molecule has 24 heavy (non-hydrogen) atoms. The minimum Gasteiger partial charge on any atom is -0.504 e. The Morgan fingerprint density at radius 1 is 1.25 bits per heavy atom. The first-order chi connectivity index (χ1) is 11.4. The molecule has 1 aliphatic heterocycles. The highest BCUT2D eigenvalue weighted by Gasteiger charge is 2.21. The highest BCUT2D eigenvalue weighted by atomic mass is 16.4. The summed E-state index contributed by atoms with van der Waals surface area (Å²) in [7, 11) is 2.19. The van der Waals surface area contributed by atoms with Gasteiger partial charge in [0.25, 0.3) is 0 Å². The number of phenols is 3. The van der Waals surface area contributed by atoms with Crippen LogP contribution in [0.4, 0.5) is 0 Å². The van der Waals surface area contributed by atoms with Gasteiger partial charge in [0.1, 0.15) is 0 Å². The van der Waals surface area contributed by atoms with E-state index in [-0.39, 0.29) is 5.56 Å². The van der Waals surface area contributed by atoms with Crippen molar-refractivity contribution < 1.29 is 25.2 Å². The molecule has 4 N–H and O–H groups in total. The molecule has 1 unspecified atom stereocenters. The minimum absolute atomic E-state index is 0.289. The van der Waals surface area contributed by atoms with Crippen molar-refractivity contribution in [2.45, 2.75) is 18.9 Å². The average Bonchev–Trinajstić information content (AvgIpc) is 2.99. The van der Waals surface area contributed by atoms with Crippen LogP contribution >= 0.6 is 0 Å². The van der Waals surface area contributed by atoms with E-state index in [1.54, 1.807) is 0 Å². The number of hydrogen-bond acceptors (Lipinski definition) is 6. The lowest BCUT2D eigenvalue weighted by molar-refractivity contribution is 0.0696. The van der Waals surface area contributed by atoms with Crippen LogP contribution in [0, 0.1) is 0 Å². The normalized spacial score (nSPS) is 17.1. The van der Waals surface area contributed by atoms with Crippen LogP contribution in [0.3, 0.4) is 0 Å². The van der Waals surface area contributed by atoms with Gasteiger partial charge in [-0.05, 0) is 50.2 Å². The molecule has 1 atom stereocenters. The van der Waals surface area contributed by atoms with Crippen molar-refractivity contribution in [3.05, 3.63) is 47.8 Å². The third-order valence-electron chi connectivity index (χ3n) is 3.91. The maximum absolute atomic E-state index is 10.3. The predicted octanol–water partition coefficient (Wildman–Crippen LogP) is 2.35. The van der Waals surface area contributed by atoms with Gasteiger partial charge >= 0.3 is 5.97 Å². The molecule has 7 heteroatoms. The summed E-state index contributed by atoms with van der Waals surface area (Å²) < 4.78 is 0. The lowest BCUT2D eigenvalue weighted by atomic mass is 10.1. The van der Waals surface area contributed by atoms with E-state index in [1.807, 2.05) is 18.5 Å². The van der Waals surface area contributed by atoms with E-state index in [0.29, 0.717) is 6.04 Å². The van der Waals surface area contributed by atoms with Crippen molar-refractivity contribution in [1.29, 1.82) is 0 Å². The summed E-state index contributed by atoms with van der Waals surface area (Å²) in [4.78, 5) is 16.8. The van der Waals surface area contributed by atoms with E-state index in [2.05, 4.69) is 23.0 Å². The van der Waals surface area contributed by atoms with Crippen LogP contribution in [0.15, 0.2) is 36.7 Å². The first kappa shape index (κ1) is 17.6. The standard InChI is InChI=1S/C10H14N2.C7H6O5/c1-12-7-3-5-10(12)9-4-2-6-11-8-9;8-4-1-3(7(11)12)2-5(9)6(4)10/h2,4,6,8,10H,3,5,7H2,1H3;1-2,8-10H,(H,11,12). The number of hydrogen-bond donors (Lipinski definition) is 4. The highest BCUT2D eigenvalue weighted by Crippen LogP contribution is 2.35. The lowest BCUT2D eigenvalue weighted by Gasteiger charge is -2.18. The number of aromatic carboxylic acids is 1. The Kier molecular flexibility index (Phi) is 5.59. The van der Waals surface area contributed by atoms with Crippen LogP contribution in [0.25, 0.3) is 0 Å². The second-order valence-corrected chi connectivity index (χ2v) is 5.59. The average molecular weight is 332 g/mol. The third-order valence-corrected chi connectivity index (χ3v) is 3.91. The number of carbonyl (C=O) groups is 1. The molecule has 1 aromatic carbocycles. The Morgan fingerprint density at radius 2 is 1.92 bits per heavy atom. The van der Waals surface area contributed by atoms with Gasteiger partial charge in [-0.25, -0.2) is 4.79 Å². The van der Waals surface area contributed by atoms with Gasteiger partial charge in [-0.2, -0.15) is 0 Å². The highest BCUT2D eigenvalue weighted by molar-refractivity contribution is 5.89. The number of benzene rings is 1. The van der Waals surface area contributed by atoms with Crippen LogP contribution in [0.1, 0.15) is 34.8 Å². The lowest BCUT2D eigenvalue weighted by Crippen LogP contribution is -2.17. The largest absolute Gasteiger partial charge is 0.504 e. The number of aromatic nitrogens is 1. The summed E-state index contributed by atoms with van der Waals surface area (Å²) >= 11 is 0. The van der Waals surface area contributed by atoms with E-state index in [4.69, 9.17) is 20.4 Å². The quantitative estimate of drug-likeness (QED) is 0.624. The molecule has 0 saturated carbocycles. The molecule has 128 valence electrons. The molecule has 1 fully saturated rings. The summed E-state index contributed by atoms with van der Waals surface area (Å²) in [6.45, 7) is 1.22. The van der Waals surface area contributed by atoms with Crippen molar-refractivity contribution in [2.75, 3.05) is 13.6 Å². The van der Waals surface area contributed by atoms with Gasteiger partial charge in [0.2, 0.25) is 0 Å². The van der Waals surface area contributed by atoms with E-state index in [0.717, 1.165) is 12.1 Å². The van der Waals surface area contributed by atoms with E-state index in [1.165, 1.54) is 24.9 Å². The van der Waals surface area contributed by atoms with E-state index < -0.39 is 23.2 Å². The Morgan fingerprint density at radius 3 is 2.38 bits per heavy atom. The van der Waals surface area contributed by atoms with E-state index >= 15 is 0 Å². The van der Waals surface area contributed by atoms with Crippen LogP contribution in [0.2, 0.25) is 0 Å². The second-order valence-electron chi connectivity index (χ2n) is 5.59.